The van der Waals surface area contributed by atoms with E-state index in [1.54, 1.807) is 36.1 Å². The Labute approximate surface area is 169 Å². The number of ether oxygens (including phenoxy) is 1. The maximum absolute atomic E-state index is 13.4. The third kappa shape index (κ3) is 3.59. The van der Waals surface area contributed by atoms with Crippen LogP contribution in [0.2, 0.25) is 0 Å². The summed E-state index contributed by atoms with van der Waals surface area (Å²) < 4.78 is 5.05. The number of aryl methyl sites for hydroxylation is 1. The molecule has 0 radical (unpaired) electrons. The number of benzene rings is 3. The Balaban J connectivity index is 1.76. The molecule has 1 N–H and O–H groups in total. The summed E-state index contributed by atoms with van der Waals surface area (Å²) in [5.41, 5.74) is 4.72. The highest BCUT2D eigenvalue weighted by molar-refractivity contribution is 6.12. The first kappa shape index (κ1) is 18.7. The Morgan fingerprint density at radius 1 is 1.00 bits per heavy atom. The number of nitrogens with zero attached hydrogens (tertiary/aromatic N) is 1. The van der Waals surface area contributed by atoms with Gasteiger partial charge in [0.1, 0.15) is 6.17 Å². The van der Waals surface area contributed by atoms with Crippen LogP contribution in [0.25, 0.3) is 0 Å². The largest absolute Gasteiger partial charge is 0.462 e. The highest BCUT2D eigenvalue weighted by atomic mass is 16.5. The van der Waals surface area contributed by atoms with Crippen molar-refractivity contribution in [3.05, 3.63) is 95.1 Å². The summed E-state index contributed by atoms with van der Waals surface area (Å²) in [5, 5.41) is 3.48. The average Bonchev–Trinajstić information content (AvgIpc) is 2.75. The van der Waals surface area contributed by atoms with Gasteiger partial charge in [0, 0.05) is 11.4 Å². The number of carbonyl (C=O) groups excluding carboxylic acids is 2. The number of para-hydroxylation sites is 1. The zero-order valence-corrected chi connectivity index (χ0v) is 16.4. The first-order valence-corrected chi connectivity index (χ1v) is 9.61. The zero-order valence-electron chi connectivity index (χ0n) is 16.4. The Hall–Kier alpha value is -3.60. The molecule has 29 heavy (non-hydrogen) atoms. The van der Waals surface area contributed by atoms with E-state index in [4.69, 9.17) is 4.74 Å². The fourth-order valence-corrected chi connectivity index (χ4v) is 3.47. The molecule has 146 valence electrons. The molecule has 5 heteroatoms. The minimum Gasteiger partial charge on any atom is -0.462 e. The maximum atomic E-state index is 13.4. The molecule has 5 nitrogen and oxygen atoms in total. The highest BCUT2D eigenvalue weighted by Gasteiger charge is 2.34. The molecular formula is C24H22N2O3. The second-order valence-electron chi connectivity index (χ2n) is 6.95. The first-order valence-electron chi connectivity index (χ1n) is 9.61. The molecule has 1 unspecified atom stereocenters. The van der Waals surface area contributed by atoms with E-state index in [1.807, 2.05) is 55.5 Å². The number of nitrogens with one attached hydrogen (secondary N) is 1. The lowest BCUT2D eigenvalue weighted by Crippen LogP contribution is -2.43. The van der Waals surface area contributed by atoms with E-state index in [1.165, 1.54) is 0 Å². The van der Waals surface area contributed by atoms with E-state index in [0.717, 1.165) is 16.8 Å². The second-order valence-corrected chi connectivity index (χ2v) is 6.95. The van der Waals surface area contributed by atoms with Crippen molar-refractivity contribution in [2.45, 2.75) is 20.0 Å². The molecule has 1 heterocycles. The molecule has 0 aliphatic carbocycles. The van der Waals surface area contributed by atoms with Crippen LogP contribution in [0.4, 0.5) is 11.4 Å². The monoisotopic (exact) mass is 386 g/mol. The number of hydrogen-bond donors (Lipinski definition) is 1. The number of amides is 1. The number of anilines is 2. The predicted molar refractivity (Wildman–Crippen MR) is 113 cm³/mol. The Morgan fingerprint density at radius 2 is 1.69 bits per heavy atom. The van der Waals surface area contributed by atoms with Crippen LogP contribution in [0.5, 0.6) is 0 Å². The normalized spacial score (nSPS) is 15.4. The van der Waals surface area contributed by atoms with Gasteiger partial charge in [0.05, 0.1) is 17.7 Å². The van der Waals surface area contributed by atoms with Crippen molar-refractivity contribution in [3.8, 4) is 0 Å². The summed E-state index contributed by atoms with van der Waals surface area (Å²) >= 11 is 0. The molecule has 1 amide bonds. The van der Waals surface area contributed by atoms with Gasteiger partial charge in [-0.1, -0.05) is 42.0 Å². The van der Waals surface area contributed by atoms with Crippen LogP contribution in [0.15, 0.2) is 72.8 Å². The number of hydrogen-bond acceptors (Lipinski definition) is 4. The number of carbonyl (C=O) groups is 2. The predicted octanol–water partition coefficient (Wildman–Crippen LogP) is 4.94. The fourth-order valence-electron chi connectivity index (χ4n) is 3.47. The smallest absolute Gasteiger partial charge is 0.338 e. The van der Waals surface area contributed by atoms with Crippen molar-refractivity contribution in [1.82, 2.24) is 0 Å². The van der Waals surface area contributed by atoms with E-state index in [9.17, 15) is 9.59 Å². The number of esters is 1. The van der Waals surface area contributed by atoms with Crippen molar-refractivity contribution < 1.29 is 14.3 Å². The molecule has 3 aromatic rings. The van der Waals surface area contributed by atoms with Crippen LogP contribution in [-0.4, -0.2) is 18.5 Å². The third-order valence-corrected chi connectivity index (χ3v) is 4.98. The fraction of sp³-hybridized carbons (Fsp3) is 0.167. The van der Waals surface area contributed by atoms with Crippen molar-refractivity contribution in [2.75, 3.05) is 16.8 Å². The minimum atomic E-state index is -0.373. The summed E-state index contributed by atoms with van der Waals surface area (Å²) in [6, 6.07) is 22.5. The van der Waals surface area contributed by atoms with E-state index >= 15 is 0 Å². The van der Waals surface area contributed by atoms with Gasteiger partial charge in [0.2, 0.25) is 0 Å². The Morgan fingerprint density at radius 3 is 2.38 bits per heavy atom. The van der Waals surface area contributed by atoms with Crippen LogP contribution >= 0.6 is 0 Å². The van der Waals surface area contributed by atoms with Crippen LogP contribution in [-0.2, 0) is 4.74 Å². The van der Waals surface area contributed by atoms with Crippen molar-refractivity contribution in [3.63, 3.8) is 0 Å². The van der Waals surface area contributed by atoms with E-state index < -0.39 is 0 Å². The summed E-state index contributed by atoms with van der Waals surface area (Å²) in [6.07, 6.45) is -0.355. The standard InChI is InChI=1S/C24H22N2O3/c1-3-29-24(28)18-12-14-19(15-13-18)26-22(17-10-8-16(2)9-11-17)25-21-7-5-4-6-20(21)23(26)27/h4-15,22,25H,3H2,1-2H3. The van der Waals surface area contributed by atoms with Gasteiger partial charge in [-0.05, 0) is 55.8 Å². The maximum Gasteiger partial charge on any atom is 0.338 e. The molecule has 1 atom stereocenters. The molecule has 1 aliphatic rings. The minimum absolute atomic E-state index is 0.0891. The van der Waals surface area contributed by atoms with E-state index in [0.29, 0.717) is 23.4 Å². The van der Waals surface area contributed by atoms with Crippen molar-refractivity contribution in [1.29, 1.82) is 0 Å². The molecule has 0 bridgehead atoms. The molecule has 1 aliphatic heterocycles. The van der Waals surface area contributed by atoms with Crippen molar-refractivity contribution in [2.24, 2.45) is 0 Å². The van der Waals surface area contributed by atoms with Gasteiger partial charge in [-0.25, -0.2) is 4.79 Å². The molecule has 0 aromatic heterocycles. The van der Waals surface area contributed by atoms with Gasteiger partial charge >= 0.3 is 5.97 Å². The third-order valence-electron chi connectivity index (χ3n) is 4.98. The van der Waals surface area contributed by atoms with Crippen LogP contribution in [0.1, 0.15) is 44.9 Å². The SMILES string of the molecule is CCOC(=O)c1ccc(N2C(=O)c3ccccc3NC2c2ccc(C)cc2)cc1. The molecule has 4 rings (SSSR count). The lowest BCUT2D eigenvalue weighted by atomic mass is 10.0. The summed E-state index contributed by atoms with van der Waals surface area (Å²) in [7, 11) is 0. The Kier molecular flexibility index (Phi) is 5.04. The van der Waals surface area contributed by atoms with Gasteiger partial charge in [-0.2, -0.15) is 0 Å². The molecule has 0 saturated carbocycles. The molecule has 0 spiro atoms. The summed E-state index contributed by atoms with van der Waals surface area (Å²) in [4.78, 5) is 27.1. The lowest BCUT2D eigenvalue weighted by molar-refractivity contribution is 0.0526. The number of fused-ring (bicyclic) bond motifs is 1. The van der Waals surface area contributed by atoms with Crippen LogP contribution < -0.4 is 10.2 Å². The molecule has 3 aromatic carbocycles. The molecule has 0 saturated heterocycles. The quantitative estimate of drug-likeness (QED) is 0.645. The van der Waals surface area contributed by atoms with Gasteiger partial charge in [0.15, 0.2) is 0 Å². The van der Waals surface area contributed by atoms with Gasteiger partial charge in [-0.15, -0.1) is 0 Å². The van der Waals surface area contributed by atoms with Gasteiger partial charge in [0.25, 0.3) is 5.91 Å². The first-order chi connectivity index (χ1) is 14.1. The topological polar surface area (TPSA) is 58.6 Å². The highest BCUT2D eigenvalue weighted by Crippen LogP contribution is 2.36. The lowest BCUT2D eigenvalue weighted by Gasteiger charge is -2.38. The molecular weight excluding hydrogens is 364 g/mol. The average molecular weight is 386 g/mol. The van der Waals surface area contributed by atoms with Gasteiger partial charge < -0.3 is 10.1 Å². The Bertz CT molecular complexity index is 1040. The summed E-state index contributed by atoms with van der Waals surface area (Å²) in [6.45, 7) is 4.12. The van der Waals surface area contributed by atoms with E-state index in [-0.39, 0.29) is 18.0 Å². The van der Waals surface area contributed by atoms with Gasteiger partial charge in [-0.3, -0.25) is 9.69 Å². The second kappa shape index (κ2) is 7.80. The van der Waals surface area contributed by atoms with Crippen molar-refractivity contribution >= 4 is 23.3 Å². The zero-order chi connectivity index (χ0) is 20.4. The number of rotatable bonds is 4. The van der Waals surface area contributed by atoms with Crippen LogP contribution in [0.3, 0.4) is 0 Å². The summed E-state index contributed by atoms with van der Waals surface area (Å²) in [5.74, 6) is -0.462. The van der Waals surface area contributed by atoms with E-state index in [2.05, 4.69) is 5.32 Å². The molecule has 0 fully saturated rings. The van der Waals surface area contributed by atoms with Crippen LogP contribution in [0, 0.1) is 6.92 Å².